The van der Waals surface area contributed by atoms with Crippen molar-refractivity contribution in [2.75, 3.05) is 18.2 Å². The van der Waals surface area contributed by atoms with Crippen LogP contribution in [-0.2, 0) is 0 Å². The summed E-state index contributed by atoms with van der Waals surface area (Å²) in [4.78, 5) is 8.81. The van der Waals surface area contributed by atoms with E-state index in [-0.39, 0.29) is 0 Å². The standard InChI is InChI=1S/C15H14N4OS/c1-20-14-6-5-10(8-11(14)16)18-15-19-13(9-21-15)12-4-2-3-7-17-12/h2-9H,16H2,1H3,(H,18,19). The Morgan fingerprint density at radius 2 is 2.10 bits per heavy atom. The lowest BCUT2D eigenvalue weighted by atomic mass is 10.2. The second kappa shape index (κ2) is 5.80. The molecule has 0 saturated heterocycles. The van der Waals surface area contributed by atoms with Crippen molar-refractivity contribution >= 4 is 27.8 Å². The summed E-state index contributed by atoms with van der Waals surface area (Å²) in [7, 11) is 1.60. The maximum absolute atomic E-state index is 5.89. The van der Waals surface area contributed by atoms with Crippen molar-refractivity contribution in [2.45, 2.75) is 0 Å². The fourth-order valence-corrected chi connectivity index (χ4v) is 2.62. The van der Waals surface area contributed by atoms with Crippen LogP contribution in [0.15, 0.2) is 48.0 Å². The van der Waals surface area contributed by atoms with Gasteiger partial charge in [-0.3, -0.25) is 4.98 Å². The van der Waals surface area contributed by atoms with E-state index in [2.05, 4.69) is 15.3 Å². The quantitative estimate of drug-likeness (QED) is 0.721. The summed E-state index contributed by atoms with van der Waals surface area (Å²) >= 11 is 1.52. The Labute approximate surface area is 126 Å². The number of aromatic nitrogens is 2. The first-order valence-corrected chi connectivity index (χ1v) is 7.21. The molecule has 6 heteroatoms. The number of thiazole rings is 1. The second-order valence-electron chi connectivity index (χ2n) is 4.33. The number of ether oxygens (including phenoxy) is 1. The second-order valence-corrected chi connectivity index (χ2v) is 5.19. The highest BCUT2D eigenvalue weighted by atomic mass is 32.1. The van der Waals surface area contributed by atoms with Crippen molar-refractivity contribution in [1.29, 1.82) is 0 Å². The Kier molecular flexibility index (Phi) is 3.70. The van der Waals surface area contributed by atoms with Gasteiger partial charge in [0.1, 0.15) is 11.4 Å². The van der Waals surface area contributed by atoms with Crippen LogP contribution in [0.4, 0.5) is 16.5 Å². The highest BCUT2D eigenvalue weighted by Gasteiger charge is 2.06. The maximum atomic E-state index is 5.89. The molecule has 0 saturated carbocycles. The van der Waals surface area contributed by atoms with Crippen LogP contribution in [0.3, 0.4) is 0 Å². The lowest BCUT2D eigenvalue weighted by molar-refractivity contribution is 0.417. The van der Waals surface area contributed by atoms with E-state index in [4.69, 9.17) is 10.5 Å². The van der Waals surface area contributed by atoms with Gasteiger partial charge in [0.15, 0.2) is 5.13 Å². The first kappa shape index (κ1) is 13.4. The fraction of sp³-hybridized carbons (Fsp3) is 0.0667. The number of nitrogens with zero attached hydrogens (tertiary/aromatic N) is 2. The number of benzene rings is 1. The lowest BCUT2D eigenvalue weighted by Crippen LogP contribution is -1.95. The summed E-state index contributed by atoms with van der Waals surface area (Å²) in [5.74, 6) is 0.661. The smallest absolute Gasteiger partial charge is 0.187 e. The number of nitrogen functional groups attached to an aromatic ring is 1. The van der Waals surface area contributed by atoms with Crippen molar-refractivity contribution in [3.05, 3.63) is 48.0 Å². The molecule has 0 atom stereocenters. The van der Waals surface area contributed by atoms with Crippen LogP contribution in [0.2, 0.25) is 0 Å². The van der Waals surface area contributed by atoms with E-state index < -0.39 is 0 Å². The Morgan fingerprint density at radius 1 is 1.19 bits per heavy atom. The molecular weight excluding hydrogens is 284 g/mol. The van der Waals surface area contributed by atoms with E-state index in [9.17, 15) is 0 Å². The number of hydrogen-bond donors (Lipinski definition) is 2. The van der Waals surface area contributed by atoms with E-state index in [0.717, 1.165) is 22.2 Å². The third-order valence-electron chi connectivity index (χ3n) is 2.91. The van der Waals surface area contributed by atoms with Gasteiger partial charge in [0.2, 0.25) is 0 Å². The van der Waals surface area contributed by atoms with Crippen molar-refractivity contribution < 1.29 is 4.74 Å². The molecule has 0 spiro atoms. The largest absolute Gasteiger partial charge is 0.495 e. The summed E-state index contributed by atoms with van der Waals surface area (Å²) in [6, 6.07) is 11.3. The monoisotopic (exact) mass is 298 g/mol. The van der Waals surface area contributed by atoms with E-state index in [0.29, 0.717) is 11.4 Å². The molecule has 0 unspecified atom stereocenters. The minimum Gasteiger partial charge on any atom is -0.495 e. The third-order valence-corrected chi connectivity index (χ3v) is 3.67. The van der Waals surface area contributed by atoms with Crippen LogP contribution in [0, 0.1) is 0 Å². The normalized spacial score (nSPS) is 10.3. The van der Waals surface area contributed by atoms with E-state index >= 15 is 0 Å². The molecule has 0 aliphatic rings. The SMILES string of the molecule is COc1ccc(Nc2nc(-c3ccccn3)cs2)cc1N. The lowest BCUT2D eigenvalue weighted by Gasteiger charge is -2.07. The average molecular weight is 298 g/mol. The van der Waals surface area contributed by atoms with E-state index in [1.54, 1.807) is 13.3 Å². The average Bonchev–Trinajstić information content (AvgIpc) is 2.97. The summed E-state index contributed by atoms with van der Waals surface area (Å²) in [6.07, 6.45) is 1.76. The molecule has 0 fully saturated rings. The van der Waals surface area contributed by atoms with Gasteiger partial charge < -0.3 is 15.8 Å². The molecule has 0 aliphatic carbocycles. The number of rotatable bonds is 4. The molecule has 0 bridgehead atoms. The molecule has 3 N–H and O–H groups in total. The first-order valence-electron chi connectivity index (χ1n) is 6.34. The van der Waals surface area contributed by atoms with Crippen LogP contribution in [-0.4, -0.2) is 17.1 Å². The maximum Gasteiger partial charge on any atom is 0.187 e. The molecule has 3 rings (SSSR count). The van der Waals surface area contributed by atoms with Crippen LogP contribution in [0.25, 0.3) is 11.4 Å². The van der Waals surface area contributed by atoms with Crippen molar-refractivity contribution in [3.63, 3.8) is 0 Å². The van der Waals surface area contributed by atoms with Gasteiger partial charge in [0.05, 0.1) is 18.5 Å². The number of hydrogen-bond acceptors (Lipinski definition) is 6. The molecule has 21 heavy (non-hydrogen) atoms. The van der Waals surface area contributed by atoms with Crippen LogP contribution >= 0.6 is 11.3 Å². The minimum atomic E-state index is 0.587. The molecule has 0 radical (unpaired) electrons. The molecule has 0 aliphatic heterocycles. The van der Waals surface area contributed by atoms with E-state index in [1.807, 2.05) is 41.8 Å². The number of methoxy groups -OCH3 is 1. The van der Waals surface area contributed by atoms with Crippen LogP contribution in [0.5, 0.6) is 5.75 Å². The van der Waals surface area contributed by atoms with Crippen molar-refractivity contribution in [3.8, 4) is 17.1 Å². The molecular formula is C15H14N4OS. The fourth-order valence-electron chi connectivity index (χ4n) is 1.90. The van der Waals surface area contributed by atoms with Crippen LogP contribution < -0.4 is 15.8 Å². The summed E-state index contributed by atoms with van der Waals surface area (Å²) < 4.78 is 5.14. The molecule has 2 heterocycles. The number of anilines is 3. The first-order chi connectivity index (χ1) is 10.3. The van der Waals surface area contributed by atoms with Gasteiger partial charge in [-0.2, -0.15) is 0 Å². The molecule has 0 amide bonds. The highest BCUT2D eigenvalue weighted by molar-refractivity contribution is 7.14. The number of pyridine rings is 1. The Bertz CT molecular complexity index is 742. The Balaban J connectivity index is 1.80. The third kappa shape index (κ3) is 2.95. The number of nitrogens with one attached hydrogen (secondary N) is 1. The van der Waals surface area contributed by atoms with Gasteiger partial charge in [-0.25, -0.2) is 4.98 Å². The highest BCUT2D eigenvalue weighted by Crippen LogP contribution is 2.29. The van der Waals surface area contributed by atoms with Gasteiger partial charge in [0, 0.05) is 17.3 Å². The topological polar surface area (TPSA) is 73.1 Å². The predicted molar refractivity (Wildman–Crippen MR) is 86.0 cm³/mol. The van der Waals surface area contributed by atoms with Gasteiger partial charge in [-0.15, -0.1) is 11.3 Å². The zero-order valence-electron chi connectivity index (χ0n) is 11.4. The zero-order valence-corrected chi connectivity index (χ0v) is 12.2. The summed E-state index contributed by atoms with van der Waals surface area (Å²) in [6.45, 7) is 0. The van der Waals surface area contributed by atoms with E-state index in [1.165, 1.54) is 11.3 Å². The van der Waals surface area contributed by atoms with Gasteiger partial charge in [-0.05, 0) is 30.3 Å². The minimum absolute atomic E-state index is 0.587. The molecule has 1 aromatic carbocycles. The van der Waals surface area contributed by atoms with Gasteiger partial charge in [-0.1, -0.05) is 6.07 Å². The molecule has 3 aromatic rings. The molecule has 5 nitrogen and oxygen atoms in total. The van der Waals surface area contributed by atoms with Gasteiger partial charge in [0.25, 0.3) is 0 Å². The Morgan fingerprint density at radius 3 is 2.81 bits per heavy atom. The van der Waals surface area contributed by atoms with Crippen molar-refractivity contribution in [2.24, 2.45) is 0 Å². The summed E-state index contributed by atoms with van der Waals surface area (Å²) in [5.41, 5.74) is 9.06. The van der Waals surface area contributed by atoms with Crippen molar-refractivity contribution in [1.82, 2.24) is 9.97 Å². The zero-order chi connectivity index (χ0) is 14.7. The van der Waals surface area contributed by atoms with Gasteiger partial charge >= 0.3 is 0 Å². The summed E-state index contributed by atoms with van der Waals surface area (Å²) in [5, 5.41) is 5.99. The number of nitrogens with two attached hydrogens (primary N) is 1. The van der Waals surface area contributed by atoms with Crippen LogP contribution in [0.1, 0.15) is 0 Å². The molecule has 2 aromatic heterocycles. The Hall–Kier alpha value is -2.60. The molecule has 106 valence electrons. The predicted octanol–water partition coefficient (Wildman–Crippen LogP) is 3.54.